The van der Waals surface area contributed by atoms with Crippen molar-refractivity contribution in [3.05, 3.63) is 22.5 Å². The van der Waals surface area contributed by atoms with Crippen molar-refractivity contribution in [3.63, 3.8) is 0 Å². The topological polar surface area (TPSA) is 65.6 Å². The highest BCUT2D eigenvalue weighted by molar-refractivity contribution is 6.02. The largest absolute Gasteiger partial charge is 0.465 e. The molecule has 1 aromatic heterocycles. The fourth-order valence-electron chi connectivity index (χ4n) is 4.28. The lowest BCUT2D eigenvalue weighted by molar-refractivity contribution is 0.0599. The van der Waals surface area contributed by atoms with E-state index in [9.17, 15) is 9.59 Å². The minimum Gasteiger partial charge on any atom is -0.465 e. The minimum atomic E-state index is -0.393. The van der Waals surface area contributed by atoms with Gasteiger partial charge in [0.1, 0.15) is 0 Å². The second-order valence-corrected chi connectivity index (χ2v) is 7.29. The van der Waals surface area contributed by atoms with Gasteiger partial charge in [-0.05, 0) is 32.3 Å². The van der Waals surface area contributed by atoms with Crippen LogP contribution in [0.5, 0.6) is 0 Å². The zero-order valence-electron chi connectivity index (χ0n) is 15.6. The van der Waals surface area contributed by atoms with Crippen LogP contribution in [0.2, 0.25) is 0 Å². The third-order valence-corrected chi connectivity index (χ3v) is 5.72. The lowest BCUT2D eigenvalue weighted by Gasteiger charge is -2.37. The summed E-state index contributed by atoms with van der Waals surface area (Å²) in [4.78, 5) is 32.5. The fourth-order valence-corrected chi connectivity index (χ4v) is 4.28. The molecule has 25 heavy (non-hydrogen) atoms. The molecule has 0 radical (unpaired) electrons. The lowest BCUT2D eigenvalue weighted by Crippen LogP contribution is -2.50. The number of rotatable bonds is 5. The molecule has 6 nitrogen and oxygen atoms in total. The highest BCUT2D eigenvalue weighted by Gasteiger charge is 2.28. The van der Waals surface area contributed by atoms with E-state index in [-0.39, 0.29) is 5.78 Å². The standard InChI is InChI=1S/C19H29N3O3/c1-13-17(19(24)25-3)14(2)20-18(13)16(23)12-21-8-10-22(11-9-21)15-6-4-5-7-15/h15,20H,4-12H2,1-3H3. The number of ether oxygens (including phenoxy) is 1. The molecule has 0 atom stereocenters. The molecular formula is C19H29N3O3. The number of methoxy groups -OCH3 is 1. The van der Waals surface area contributed by atoms with Crippen LogP contribution in [0.4, 0.5) is 0 Å². The number of nitrogens with zero attached hydrogens (tertiary/aromatic N) is 2. The summed E-state index contributed by atoms with van der Waals surface area (Å²) in [5.41, 5.74) is 2.41. The molecule has 0 aromatic carbocycles. The number of hydrogen-bond acceptors (Lipinski definition) is 5. The first kappa shape index (κ1) is 18.1. The zero-order chi connectivity index (χ0) is 18.0. The van der Waals surface area contributed by atoms with Crippen LogP contribution in [0, 0.1) is 13.8 Å². The molecule has 1 aliphatic heterocycles. The van der Waals surface area contributed by atoms with Crippen molar-refractivity contribution in [2.45, 2.75) is 45.6 Å². The number of hydrogen-bond donors (Lipinski definition) is 1. The predicted octanol–water partition coefficient (Wildman–Crippen LogP) is 2.16. The van der Waals surface area contributed by atoms with E-state index in [2.05, 4.69) is 14.8 Å². The van der Waals surface area contributed by atoms with E-state index in [1.165, 1.54) is 32.8 Å². The lowest BCUT2D eigenvalue weighted by atomic mass is 10.1. The Morgan fingerprint density at radius 1 is 1.12 bits per heavy atom. The number of aromatic nitrogens is 1. The van der Waals surface area contributed by atoms with Crippen molar-refractivity contribution >= 4 is 11.8 Å². The van der Waals surface area contributed by atoms with Gasteiger partial charge in [0.05, 0.1) is 24.9 Å². The average molecular weight is 347 g/mol. The first-order chi connectivity index (χ1) is 12.0. The number of piperazine rings is 1. The summed E-state index contributed by atoms with van der Waals surface area (Å²) in [5.74, 6) is -0.347. The van der Waals surface area contributed by atoms with Gasteiger partial charge < -0.3 is 9.72 Å². The van der Waals surface area contributed by atoms with Gasteiger partial charge in [-0.25, -0.2) is 4.79 Å². The first-order valence-electron chi connectivity index (χ1n) is 9.28. The normalized spacial score (nSPS) is 20.1. The maximum atomic E-state index is 12.7. The number of nitrogens with one attached hydrogen (secondary N) is 1. The highest BCUT2D eigenvalue weighted by atomic mass is 16.5. The van der Waals surface area contributed by atoms with Gasteiger partial charge in [-0.3, -0.25) is 14.6 Å². The molecule has 6 heteroatoms. The monoisotopic (exact) mass is 347 g/mol. The van der Waals surface area contributed by atoms with Crippen molar-refractivity contribution in [2.24, 2.45) is 0 Å². The van der Waals surface area contributed by atoms with Gasteiger partial charge in [0.25, 0.3) is 0 Å². The van der Waals surface area contributed by atoms with Gasteiger partial charge >= 0.3 is 5.97 Å². The number of aryl methyl sites for hydroxylation is 1. The van der Waals surface area contributed by atoms with E-state index < -0.39 is 5.97 Å². The Labute approximate surface area is 149 Å². The molecule has 2 heterocycles. The molecule has 0 bridgehead atoms. The Morgan fingerprint density at radius 2 is 1.76 bits per heavy atom. The zero-order valence-corrected chi connectivity index (χ0v) is 15.6. The predicted molar refractivity (Wildman–Crippen MR) is 96.2 cm³/mol. The molecule has 0 amide bonds. The highest BCUT2D eigenvalue weighted by Crippen LogP contribution is 2.24. The molecule has 3 rings (SSSR count). The summed E-state index contributed by atoms with van der Waals surface area (Å²) >= 11 is 0. The number of aromatic amines is 1. The molecule has 0 spiro atoms. The van der Waals surface area contributed by atoms with Crippen LogP contribution >= 0.6 is 0 Å². The van der Waals surface area contributed by atoms with E-state index in [1.807, 2.05) is 0 Å². The number of Topliss-reactive ketones (excluding diaryl/α,β-unsaturated/α-hetero) is 1. The Kier molecular flexibility index (Phi) is 5.59. The third-order valence-electron chi connectivity index (χ3n) is 5.72. The SMILES string of the molecule is COC(=O)c1c(C)[nH]c(C(=O)CN2CCN(C3CCCC3)CC2)c1C. The molecule has 138 valence electrons. The van der Waals surface area contributed by atoms with Crippen molar-refractivity contribution in [2.75, 3.05) is 39.8 Å². The molecule has 1 saturated heterocycles. The summed E-state index contributed by atoms with van der Waals surface area (Å²) in [6, 6.07) is 0.758. The molecular weight excluding hydrogens is 318 g/mol. The summed E-state index contributed by atoms with van der Waals surface area (Å²) < 4.78 is 4.82. The number of esters is 1. The van der Waals surface area contributed by atoms with Gasteiger partial charge in [-0.15, -0.1) is 0 Å². The third kappa shape index (κ3) is 3.80. The van der Waals surface area contributed by atoms with Crippen molar-refractivity contribution in [1.29, 1.82) is 0 Å². The van der Waals surface area contributed by atoms with Crippen LogP contribution in [-0.4, -0.2) is 72.4 Å². The number of ketones is 1. The molecule has 1 aromatic rings. The van der Waals surface area contributed by atoms with Gasteiger partial charge in [0, 0.05) is 37.9 Å². The molecule has 1 saturated carbocycles. The molecule has 1 N–H and O–H groups in total. The van der Waals surface area contributed by atoms with Crippen LogP contribution in [-0.2, 0) is 4.74 Å². The smallest absolute Gasteiger partial charge is 0.339 e. The number of carbonyl (C=O) groups excluding carboxylic acids is 2. The van der Waals surface area contributed by atoms with Crippen LogP contribution in [0.15, 0.2) is 0 Å². The number of carbonyl (C=O) groups is 2. The minimum absolute atomic E-state index is 0.0464. The Hall–Kier alpha value is -1.66. The van der Waals surface area contributed by atoms with Crippen molar-refractivity contribution < 1.29 is 14.3 Å². The van der Waals surface area contributed by atoms with Gasteiger partial charge in [-0.1, -0.05) is 12.8 Å². The first-order valence-corrected chi connectivity index (χ1v) is 9.28. The summed E-state index contributed by atoms with van der Waals surface area (Å²) in [6.07, 6.45) is 5.38. The van der Waals surface area contributed by atoms with Crippen LogP contribution in [0.25, 0.3) is 0 Å². The molecule has 1 aliphatic carbocycles. The fraction of sp³-hybridized carbons (Fsp3) is 0.684. The summed E-state index contributed by atoms with van der Waals surface area (Å²) in [5, 5.41) is 0. The van der Waals surface area contributed by atoms with E-state index in [0.29, 0.717) is 29.1 Å². The molecule has 0 unspecified atom stereocenters. The summed E-state index contributed by atoms with van der Waals surface area (Å²) in [7, 11) is 1.36. The second-order valence-electron chi connectivity index (χ2n) is 7.29. The maximum Gasteiger partial charge on any atom is 0.339 e. The van der Waals surface area contributed by atoms with Gasteiger partial charge in [0.2, 0.25) is 0 Å². The van der Waals surface area contributed by atoms with Crippen LogP contribution < -0.4 is 0 Å². The Morgan fingerprint density at radius 3 is 2.36 bits per heavy atom. The number of H-pyrrole nitrogens is 1. The van der Waals surface area contributed by atoms with E-state index in [0.717, 1.165) is 32.2 Å². The quantitative estimate of drug-likeness (QED) is 0.653. The van der Waals surface area contributed by atoms with Crippen molar-refractivity contribution in [3.8, 4) is 0 Å². The van der Waals surface area contributed by atoms with E-state index in [4.69, 9.17) is 4.74 Å². The summed E-state index contributed by atoms with van der Waals surface area (Å²) in [6.45, 7) is 7.98. The van der Waals surface area contributed by atoms with Gasteiger partial charge in [-0.2, -0.15) is 0 Å². The Balaban J connectivity index is 1.59. The van der Waals surface area contributed by atoms with Crippen LogP contribution in [0.3, 0.4) is 0 Å². The van der Waals surface area contributed by atoms with Gasteiger partial charge in [0.15, 0.2) is 5.78 Å². The van der Waals surface area contributed by atoms with E-state index in [1.54, 1.807) is 13.8 Å². The second kappa shape index (κ2) is 7.70. The van der Waals surface area contributed by atoms with Crippen molar-refractivity contribution in [1.82, 2.24) is 14.8 Å². The van der Waals surface area contributed by atoms with E-state index >= 15 is 0 Å². The molecule has 2 aliphatic rings. The maximum absolute atomic E-state index is 12.7. The molecule has 2 fully saturated rings. The average Bonchev–Trinajstić information content (AvgIpc) is 3.23. The Bertz CT molecular complexity index is 639. The van der Waals surface area contributed by atoms with Crippen LogP contribution in [0.1, 0.15) is 57.8 Å².